The molecule has 1 fully saturated rings. The van der Waals surface area contributed by atoms with Crippen LogP contribution in [0.25, 0.3) is 0 Å². The van der Waals surface area contributed by atoms with Crippen molar-refractivity contribution in [2.45, 2.75) is 6.92 Å². The number of barbiturate groups is 1. The molecule has 1 saturated heterocycles. The highest BCUT2D eigenvalue weighted by atomic mass is 16.2. The Labute approximate surface area is 79.3 Å². The molecule has 14 heavy (non-hydrogen) atoms. The fourth-order valence-corrected chi connectivity index (χ4v) is 1.04. The van der Waals surface area contributed by atoms with Crippen LogP contribution in [0.5, 0.6) is 0 Å². The molecule has 0 aromatic heterocycles. The second-order valence-corrected chi connectivity index (χ2v) is 2.64. The first kappa shape index (κ1) is 10.1. The molecule has 0 bridgehead atoms. The van der Waals surface area contributed by atoms with Crippen molar-refractivity contribution >= 4 is 23.6 Å². The fourth-order valence-electron chi connectivity index (χ4n) is 1.04. The lowest BCUT2D eigenvalue weighted by molar-refractivity contribution is -0.140. The fraction of sp³-hybridized carbons (Fsp3) is 0.250. The summed E-state index contributed by atoms with van der Waals surface area (Å²) < 4.78 is 0. The highest BCUT2D eigenvalue weighted by Crippen LogP contribution is 2.04. The minimum atomic E-state index is -1.45. The van der Waals surface area contributed by atoms with Crippen molar-refractivity contribution in [1.82, 2.24) is 10.6 Å². The van der Waals surface area contributed by atoms with E-state index in [2.05, 4.69) is 0 Å². The predicted octanol–water partition coefficient (Wildman–Crippen LogP) is -0.886. The zero-order valence-corrected chi connectivity index (χ0v) is 7.37. The summed E-state index contributed by atoms with van der Waals surface area (Å²) in [6.07, 6.45) is 2.53. The van der Waals surface area contributed by atoms with Crippen molar-refractivity contribution in [2.75, 3.05) is 0 Å². The summed E-state index contributed by atoms with van der Waals surface area (Å²) in [6.45, 7) is 1.59. The second-order valence-electron chi connectivity index (χ2n) is 2.64. The van der Waals surface area contributed by atoms with Gasteiger partial charge in [0.1, 0.15) is 0 Å². The Morgan fingerprint density at radius 1 is 1.21 bits per heavy atom. The maximum atomic E-state index is 11.2. The molecule has 2 N–H and O–H groups in total. The third-order valence-corrected chi connectivity index (χ3v) is 1.61. The van der Waals surface area contributed by atoms with Gasteiger partial charge in [0, 0.05) is 0 Å². The normalized spacial score (nSPS) is 18.2. The Morgan fingerprint density at radius 3 is 2.14 bits per heavy atom. The summed E-state index contributed by atoms with van der Waals surface area (Å²) in [5.74, 6) is -3.87. The molecule has 6 heteroatoms. The number of hydrogen-bond acceptors (Lipinski definition) is 4. The Bertz CT molecular complexity index is 325. The van der Waals surface area contributed by atoms with Gasteiger partial charge in [-0.05, 0) is 13.0 Å². The van der Waals surface area contributed by atoms with E-state index in [0.717, 1.165) is 6.08 Å². The summed E-state index contributed by atoms with van der Waals surface area (Å²) in [5, 5.41) is 3.67. The number of rotatable bonds is 2. The van der Waals surface area contributed by atoms with Crippen molar-refractivity contribution in [3.8, 4) is 0 Å². The quantitative estimate of drug-likeness (QED) is 0.442. The summed E-state index contributed by atoms with van der Waals surface area (Å²) in [5.41, 5.74) is 0. The lowest BCUT2D eigenvalue weighted by Crippen LogP contribution is -2.57. The molecule has 0 atom stereocenters. The smallest absolute Gasteiger partial charge is 0.293 e. The Morgan fingerprint density at radius 2 is 1.71 bits per heavy atom. The van der Waals surface area contributed by atoms with Gasteiger partial charge >= 0.3 is 6.03 Å². The van der Waals surface area contributed by atoms with Crippen molar-refractivity contribution in [3.05, 3.63) is 12.2 Å². The van der Waals surface area contributed by atoms with E-state index in [1.807, 2.05) is 10.6 Å². The molecule has 0 saturated carbocycles. The zero-order chi connectivity index (χ0) is 10.7. The Balaban J connectivity index is 2.87. The van der Waals surface area contributed by atoms with Gasteiger partial charge in [0.05, 0.1) is 0 Å². The maximum absolute atomic E-state index is 11.2. The topological polar surface area (TPSA) is 92.3 Å². The highest BCUT2D eigenvalue weighted by Gasteiger charge is 2.38. The van der Waals surface area contributed by atoms with Gasteiger partial charge in [0.2, 0.25) is 11.8 Å². The van der Waals surface area contributed by atoms with Crippen molar-refractivity contribution < 1.29 is 19.2 Å². The molecule has 74 valence electrons. The van der Waals surface area contributed by atoms with E-state index in [4.69, 9.17) is 0 Å². The number of carbonyl (C=O) groups is 4. The molecule has 0 aromatic rings. The third kappa shape index (κ3) is 1.85. The van der Waals surface area contributed by atoms with E-state index in [9.17, 15) is 19.2 Å². The molecular weight excluding hydrogens is 188 g/mol. The van der Waals surface area contributed by atoms with Crippen LogP contribution in [0, 0.1) is 5.92 Å². The molecule has 0 spiro atoms. The highest BCUT2D eigenvalue weighted by molar-refractivity contribution is 6.28. The van der Waals surface area contributed by atoms with Crippen LogP contribution in [0.4, 0.5) is 4.79 Å². The summed E-state index contributed by atoms with van der Waals surface area (Å²) in [7, 11) is 0. The average Bonchev–Trinajstić information content (AvgIpc) is 2.01. The molecule has 4 amide bonds. The van der Waals surface area contributed by atoms with Gasteiger partial charge in [-0.25, -0.2) is 4.79 Å². The number of allylic oxidation sites excluding steroid dienone is 2. The first-order chi connectivity index (χ1) is 6.56. The van der Waals surface area contributed by atoms with Crippen LogP contribution in [0.1, 0.15) is 6.92 Å². The summed E-state index contributed by atoms with van der Waals surface area (Å²) >= 11 is 0. The predicted molar refractivity (Wildman–Crippen MR) is 45.0 cm³/mol. The summed E-state index contributed by atoms with van der Waals surface area (Å²) in [4.78, 5) is 44.0. The number of nitrogens with one attached hydrogen (secondary N) is 2. The van der Waals surface area contributed by atoms with Gasteiger partial charge in [-0.3, -0.25) is 25.0 Å². The minimum absolute atomic E-state index is 0.644. The van der Waals surface area contributed by atoms with E-state index in [0.29, 0.717) is 0 Å². The molecule has 1 aliphatic heterocycles. The molecule has 1 heterocycles. The van der Waals surface area contributed by atoms with Crippen LogP contribution in [-0.4, -0.2) is 23.6 Å². The lowest BCUT2D eigenvalue weighted by atomic mass is 10.0. The molecule has 0 aliphatic carbocycles. The number of amides is 4. The van der Waals surface area contributed by atoms with Crippen molar-refractivity contribution in [2.24, 2.45) is 5.92 Å². The largest absolute Gasteiger partial charge is 0.328 e. The number of carbonyl (C=O) groups excluding carboxylic acids is 4. The van der Waals surface area contributed by atoms with Crippen LogP contribution in [-0.2, 0) is 14.4 Å². The van der Waals surface area contributed by atoms with Crippen LogP contribution < -0.4 is 10.6 Å². The van der Waals surface area contributed by atoms with Crippen LogP contribution >= 0.6 is 0 Å². The van der Waals surface area contributed by atoms with Gasteiger partial charge in [0.25, 0.3) is 0 Å². The monoisotopic (exact) mass is 196 g/mol. The molecule has 6 nitrogen and oxygen atoms in total. The molecule has 0 unspecified atom stereocenters. The van der Waals surface area contributed by atoms with E-state index in [-0.39, 0.29) is 0 Å². The van der Waals surface area contributed by atoms with Gasteiger partial charge < -0.3 is 0 Å². The standard InChI is InChI=1S/C8H8N2O4/c1-2-3-4(11)5-6(12)9-8(14)10-7(5)13/h2-3,5H,1H3,(H2,9,10,12,13,14)/b3-2+. The second kappa shape index (κ2) is 3.82. The maximum Gasteiger partial charge on any atom is 0.328 e. The first-order valence-corrected chi connectivity index (χ1v) is 3.88. The van der Waals surface area contributed by atoms with Crippen LogP contribution in [0.3, 0.4) is 0 Å². The number of imide groups is 2. The molecule has 0 aromatic carbocycles. The van der Waals surface area contributed by atoms with Gasteiger partial charge in [-0.1, -0.05) is 6.08 Å². The van der Waals surface area contributed by atoms with Crippen molar-refractivity contribution in [1.29, 1.82) is 0 Å². The van der Waals surface area contributed by atoms with E-state index in [1.165, 1.54) is 6.08 Å². The third-order valence-electron chi connectivity index (χ3n) is 1.61. The van der Waals surface area contributed by atoms with Gasteiger partial charge in [0.15, 0.2) is 11.7 Å². The van der Waals surface area contributed by atoms with Crippen LogP contribution in [0.15, 0.2) is 12.2 Å². The van der Waals surface area contributed by atoms with E-state index >= 15 is 0 Å². The van der Waals surface area contributed by atoms with Gasteiger partial charge in [-0.15, -0.1) is 0 Å². The lowest BCUT2D eigenvalue weighted by Gasteiger charge is -2.17. The Kier molecular flexibility index (Phi) is 2.76. The van der Waals surface area contributed by atoms with Gasteiger partial charge in [-0.2, -0.15) is 0 Å². The molecular formula is C8H8N2O4. The Hall–Kier alpha value is -1.98. The molecule has 1 aliphatic rings. The molecule has 0 radical (unpaired) electrons. The first-order valence-electron chi connectivity index (χ1n) is 3.88. The van der Waals surface area contributed by atoms with E-state index in [1.54, 1.807) is 6.92 Å². The van der Waals surface area contributed by atoms with Crippen molar-refractivity contribution in [3.63, 3.8) is 0 Å². The van der Waals surface area contributed by atoms with E-state index < -0.39 is 29.5 Å². The number of ketones is 1. The molecule has 1 rings (SSSR count). The van der Waals surface area contributed by atoms with Crippen LogP contribution in [0.2, 0.25) is 0 Å². The minimum Gasteiger partial charge on any atom is -0.293 e. The number of hydrogen-bond donors (Lipinski definition) is 2. The zero-order valence-electron chi connectivity index (χ0n) is 7.37. The average molecular weight is 196 g/mol. The number of urea groups is 1. The summed E-state index contributed by atoms with van der Waals surface area (Å²) in [6, 6.07) is -0.899. The SMILES string of the molecule is C/C=C/C(=O)C1C(=O)NC(=O)NC1=O.